The first-order chi connectivity index (χ1) is 13.6. The molecule has 1 saturated heterocycles. The number of likely N-dealkylation sites (tertiary alicyclic amines) is 1. The van der Waals surface area contributed by atoms with E-state index >= 15 is 0 Å². The third kappa shape index (κ3) is 5.31. The lowest BCUT2D eigenvalue weighted by Crippen LogP contribution is -2.43. The van der Waals surface area contributed by atoms with Gasteiger partial charge in [0, 0.05) is 31.5 Å². The van der Waals surface area contributed by atoms with Crippen LogP contribution in [0.4, 0.5) is 0 Å². The lowest BCUT2D eigenvalue weighted by molar-refractivity contribution is -0.144. The first kappa shape index (κ1) is 22.5. The predicted octanol–water partition coefficient (Wildman–Crippen LogP) is 5.37. The number of carboxylic acid groups (broad SMARTS) is 1. The quantitative estimate of drug-likeness (QED) is 0.578. The molecule has 4 nitrogen and oxygen atoms in total. The van der Waals surface area contributed by atoms with Gasteiger partial charge in [0.15, 0.2) is 8.32 Å². The summed E-state index contributed by atoms with van der Waals surface area (Å²) >= 11 is 0. The Bertz CT molecular complexity index is 681. The van der Waals surface area contributed by atoms with Crippen molar-refractivity contribution in [1.82, 2.24) is 4.90 Å². The Labute approximate surface area is 177 Å². The maximum absolute atomic E-state index is 12.1. The summed E-state index contributed by atoms with van der Waals surface area (Å²) in [6, 6.07) is 10.3. The molecule has 162 valence electrons. The minimum absolute atomic E-state index is 0.182. The van der Waals surface area contributed by atoms with E-state index < -0.39 is 14.3 Å². The average molecular weight is 418 g/mol. The molecule has 0 spiro atoms. The Kier molecular flexibility index (Phi) is 6.91. The summed E-state index contributed by atoms with van der Waals surface area (Å²) in [5.41, 5.74) is 1.31. The molecular weight excluding hydrogens is 378 g/mol. The zero-order valence-electron chi connectivity index (χ0n) is 18.9. The smallest absolute Gasteiger partial charge is 0.320 e. The summed E-state index contributed by atoms with van der Waals surface area (Å²) in [4.78, 5) is 14.3. The van der Waals surface area contributed by atoms with Gasteiger partial charge in [0.05, 0.1) is 0 Å². The molecule has 0 radical (unpaired) electrons. The van der Waals surface area contributed by atoms with E-state index in [0.29, 0.717) is 17.8 Å². The first-order valence-corrected chi connectivity index (χ1v) is 14.1. The van der Waals surface area contributed by atoms with Gasteiger partial charge in [-0.1, -0.05) is 70.4 Å². The van der Waals surface area contributed by atoms with E-state index in [9.17, 15) is 9.90 Å². The van der Waals surface area contributed by atoms with Crippen LogP contribution in [0.2, 0.25) is 18.1 Å². The molecular formula is C24H39NO3Si. The van der Waals surface area contributed by atoms with E-state index in [1.54, 1.807) is 0 Å². The van der Waals surface area contributed by atoms with Crippen LogP contribution >= 0.6 is 0 Å². The molecule has 0 amide bonds. The van der Waals surface area contributed by atoms with Crippen molar-refractivity contribution in [2.75, 3.05) is 19.7 Å². The molecule has 1 aliphatic heterocycles. The van der Waals surface area contributed by atoms with Crippen LogP contribution in [0.25, 0.3) is 0 Å². The maximum Gasteiger partial charge on any atom is 0.320 e. The molecule has 3 atom stereocenters. The fourth-order valence-corrected chi connectivity index (χ4v) is 5.45. The normalized spacial score (nSPS) is 25.0. The van der Waals surface area contributed by atoms with Gasteiger partial charge in [-0.05, 0) is 36.0 Å². The Morgan fingerprint density at radius 3 is 2.38 bits per heavy atom. The summed E-state index contributed by atoms with van der Waals surface area (Å²) in [6.07, 6.45) is 4.44. The first-order valence-electron chi connectivity index (χ1n) is 11.2. The highest BCUT2D eigenvalue weighted by Crippen LogP contribution is 2.40. The van der Waals surface area contributed by atoms with Crippen molar-refractivity contribution in [2.24, 2.45) is 11.8 Å². The summed E-state index contributed by atoms with van der Waals surface area (Å²) in [7, 11) is -1.83. The van der Waals surface area contributed by atoms with Crippen molar-refractivity contribution < 1.29 is 14.3 Å². The fourth-order valence-electron chi connectivity index (χ4n) is 4.39. The Morgan fingerprint density at radius 2 is 1.86 bits per heavy atom. The second-order valence-corrected chi connectivity index (χ2v) is 15.5. The van der Waals surface area contributed by atoms with Gasteiger partial charge >= 0.3 is 5.97 Å². The SMILES string of the molecule is CC(C)(C)[Si](C)(C)OCC1CN([C@H](CC2CCC2)C(=O)O)CC1c1ccccc1. The van der Waals surface area contributed by atoms with Gasteiger partial charge in [-0.3, -0.25) is 9.69 Å². The molecule has 29 heavy (non-hydrogen) atoms. The molecule has 2 fully saturated rings. The fraction of sp³-hybridized carbons (Fsp3) is 0.708. The molecule has 2 aliphatic rings. The van der Waals surface area contributed by atoms with E-state index in [1.165, 1.54) is 24.8 Å². The van der Waals surface area contributed by atoms with Crippen LogP contribution < -0.4 is 0 Å². The third-order valence-corrected chi connectivity index (χ3v) is 12.2. The molecule has 1 heterocycles. The van der Waals surface area contributed by atoms with E-state index in [-0.39, 0.29) is 11.1 Å². The van der Waals surface area contributed by atoms with Gasteiger partial charge < -0.3 is 9.53 Å². The van der Waals surface area contributed by atoms with Gasteiger partial charge in [-0.25, -0.2) is 0 Å². The molecule has 1 aliphatic carbocycles. The highest BCUT2D eigenvalue weighted by molar-refractivity contribution is 6.74. The van der Waals surface area contributed by atoms with Crippen molar-refractivity contribution in [1.29, 1.82) is 0 Å². The molecule has 1 aromatic carbocycles. The van der Waals surface area contributed by atoms with Gasteiger partial charge in [-0.15, -0.1) is 0 Å². The van der Waals surface area contributed by atoms with Crippen LogP contribution in [0.15, 0.2) is 30.3 Å². The van der Waals surface area contributed by atoms with E-state index in [4.69, 9.17) is 4.43 Å². The molecule has 0 bridgehead atoms. The molecule has 3 rings (SSSR count). The molecule has 1 aromatic rings. The summed E-state index contributed by atoms with van der Waals surface area (Å²) in [6.45, 7) is 13.8. The number of aliphatic carboxylic acids is 1. The van der Waals surface area contributed by atoms with E-state index in [1.807, 2.05) is 6.07 Å². The molecule has 1 N–H and O–H groups in total. The zero-order chi connectivity index (χ0) is 21.2. The van der Waals surface area contributed by atoms with Gasteiger partial charge in [-0.2, -0.15) is 0 Å². The number of benzene rings is 1. The second-order valence-electron chi connectivity index (χ2n) is 10.7. The molecule has 1 saturated carbocycles. The van der Waals surface area contributed by atoms with Crippen molar-refractivity contribution in [3.63, 3.8) is 0 Å². The van der Waals surface area contributed by atoms with Gasteiger partial charge in [0.1, 0.15) is 6.04 Å². The lowest BCUT2D eigenvalue weighted by atomic mass is 9.80. The monoisotopic (exact) mass is 417 g/mol. The minimum Gasteiger partial charge on any atom is -0.480 e. The highest BCUT2D eigenvalue weighted by atomic mass is 28.4. The van der Waals surface area contributed by atoms with Crippen LogP contribution in [0, 0.1) is 11.8 Å². The second kappa shape index (κ2) is 8.91. The standard InChI is InChI=1S/C24H39NO3Si/c1-24(2,3)29(4,5)28-17-20-15-25(16-21(20)19-12-7-6-8-13-19)22(23(26)27)14-18-10-9-11-18/h6-8,12-13,18,20-22H,9-11,14-17H2,1-5H3,(H,26,27)/t20?,21?,22-/m1/s1. The lowest BCUT2D eigenvalue weighted by Gasteiger charge is -2.37. The number of hydrogen-bond donors (Lipinski definition) is 1. The molecule has 0 aromatic heterocycles. The van der Waals surface area contributed by atoms with Crippen molar-refractivity contribution in [3.8, 4) is 0 Å². The predicted molar refractivity (Wildman–Crippen MR) is 121 cm³/mol. The number of carbonyl (C=O) groups is 1. The average Bonchev–Trinajstić information content (AvgIpc) is 3.02. The number of carboxylic acids is 1. The Balaban J connectivity index is 1.75. The van der Waals surface area contributed by atoms with Crippen molar-refractivity contribution >= 4 is 14.3 Å². The Morgan fingerprint density at radius 1 is 1.21 bits per heavy atom. The summed E-state index contributed by atoms with van der Waals surface area (Å²) in [5.74, 6) is 0.613. The topological polar surface area (TPSA) is 49.8 Å². The van der Waals surface area contributed by atoms with Crippen LogP contribution in [0.5, 0.6) is 0 Å². The minimum atomic E-state index is -1.83. The summed E-state index contributed by atoms with van der Waals surface area (Å²) in [5, 5.41) is 10.1. The van der Waals surface area contributed by atoms with Crippen molar-refractivity contribution in [3.05, 3.63) is 35.9 Å². The van der Waals surface area contributed by atoms with Crippen LogP contribution in [0.3, 0.4) is 0 Å². The van der Waals surface area contributed by atoms with Gasteiger partial charge in [0.2, 0.25) is 0 Å². The van der Waals surface area contributed by atoms with E-state index in [0.717, 1.165) is 26.1 Å². The highest BCUT2D eigenvalue weighted by Gasteiger charge is 2.43. The van der Waals surface area contributed by atoms with Crippen LogP contribution in [0.1, 0.15) is 57.9 Å². The van der Waals surface area contributed by atoms with Crippen molar-refractivity contribution in [2.45, 2.75) is 76.5 Å². The van der Waals surface area contributed by atoms with Crippen LogP contribution in [-0.2, 0) is 9.22 Å². The number of rotatable bonds is 8. The van der Waals surface area contributed by atoms with Gasteiger partial charge in [0.25, 0.3) is 0 Å². The molecule has 5 heteroatoms. The van der Waals surface area contributed by atoms with Crippen LogP contribution in [-0.4, -0.2) is 50.0 Å². The number of hydrogen-bond acceptors (Lipinski definition) is 3. The largest absolute Gasteiger partial charge is 0.480 e. The summed E-state index contributed by atoms with van der Waals surface area (Å²) < 4.78 is 6.60. The molecule has 2 unspecified atom stereocenters. The zero-order valence-corrected chi connectivity index (χ0v) is 19.9. The Hall–Kier alpha value is -1.17. The maximum atomic E-state index is 12.1. The van der Waals surface area contributed by atoms with E-state index in [2.05, 4.69) is 63.0 Å². The number of nitrogens with zero attached hydrogens (tertiary/aromatic N) is 1. The third-order valence-electron chi connectivity index (χ3n) is 7.67.